The van der Waals surface area contributed by atoms with Gasteiger partial charge in [0, 0.05) is 37.4 Å². The summed E-state index contributed by atoms with van der Waals surface area (Å²) in [4.78, 5) is 13.3. The van der Waals surface area contributed by atoms with Crippen LogP contribution in [0.1, 0.15) is 31.2 Å². The second kappa shape index (κ2) is 8.97. The second-order valence-electron chi connectivity index (χ2n) is 8.03. The van der Waals surface area contributed by atoms with Crippen LogP contribution >= 0.6 is 0 Å². The van der Waals surface area contributed by atoms with E-state index in [2.05, 4.69) is 15.7 Å². The molecule has 1 amide bonds. The van der Waals surface area contributed by atoms with Crippen LogP contribution in [-0.4, -0.2) is 48.6 Å². The number of nitrogens with zero attached hydrogens (tertiary/aromatic N) is 2. The fourth-order valence-corrected chi connectivity index (χ4v) is 4.12. The average Bonchev–Trinajstić information content (AvgIpc) is 3.31. The second-order valence-corrected chi connectivity index (χ2v) is 8.03. The van der Waals surface area contributed by atoms with Crippen molar-refractivity contribution in [3.63, 3.8) is 0 Å². The van der Waals surface area contributed by atoms with Gasteiger partial charge in [0.15, 0.2) is 0 Å². The fourth-order valence-electron chi connectivity index (χ4n) is 4.12. The smallest absolute Gasteiger partial charge is 0.252 e. The van der Waals surface area contributed by atoms with Crippen LogP contribution < -0.4 is 15.4 Å². The van der Waals surface area contributed by atoms with Gasteiger partial charge in [0.2, 0.25) is 0 Å². The van der Waals surface area contributed by atoms with E-state index in [1.165, 1.54) is 0 Å². The summed E-state index contributed by atoms with van der Waals surface area (Å²) < 4.78 is 13.3. The zero-order valence-corrected chi connectivity index (χ0v) is 17.0. The van der Waals surface area contributed by atoms with E-state index >= 15 is 0 Å². The third kappa shape index (κ3) is 4.46. The molecule has 7 nitrogen and oxygen atoms in total. The molecule has 0 unspecified atom stereocenters. The summed E-state index contributed by atoms with van der Waals surface area (Å²) in [5, 5.41) is 10.8. The molecular weight excluding hydrogens is 368 g/mol. The minimum atomic E-state index is -0.664. The van der Waals surface area contributed by atoms with Crippen LogP contribution in [0.5, 0.6) is 5.75 Å². The Morgan fingerprint density at radius 3 is 2.86 bits per heavy atom. The van der Waals surface area contributed by atoms with Gasteiger partial charge in [0.1, 0.15) is 11.3 Å². The van der Waals surface area contributed by atoms with Gasteiger partial charge in [-0.2, -0.15) is 5.10 Å². The maximum absolute atomic E-state index is 13.3. The first-order valence-electron chi connectivity index (χ1n) is 10.5. The van der Waals surface area contributed by atoms with Gasteiger partial charge in [-0.05, 0) is 69.3 Å². The van der Waals surface area contributed by atoms with Crippen molar-refractivity contribution in [1.29, 1.82) is 0 Å². The Labute approximate surface area is 171 Å². The summed E-state index contributed by atoms with van der Waals surface area (Å²) in [6, 6.07) is 7.74. The molecule has 1 aromatic carbocycles. The van der Waals surface area contributed by atoms with E-state index in [1.807, 2.05) is 37.4 Å². The fraction of sp³-hybridized carbons (Fsp3) is 0.545. The lowest BCUT2D eigenvalue weighted by atomic mass is 9.87. The van der Waals surface area contributed by atoms with Gasteiger partial charge < -0.3 is 20.1 Å². The quantitative estimate of drug-likeness (QED) is 0.782. The van der Waals surface area contributed by atoms with Gasteiger partial charge in [0.05, 0.1) is 6.61 Å². The van der Waals surface area contributed by atoms with E-state index in [-0.39, 0.29) is 5.91 Å². The normalized spacial score (nSPS) is 19.6. The molecule has 29 heavy (non-hydrogen) atoms. The van der Waals surface area contributed by atoms with Crippen molar-refractivity contribution in [3.8, 4) is 5.75 Å². The molecule has 2 N–H and O–H groups in total. The van der Waals surface area contributed by atoms with Crippen LogP contribution in [0.25, 0.3) is 0 Å². The maximum Gasteiger partial charge on any atom is 0.252 e. The number of piperidine rings is 1. The number of nitrogens with one attached hydrogen (secondary N) is 2. The summed E-state index contributed by atoms with van der Waals surface area (Å²) in [6.07, 6.45) is 7.10. The van der Waals surface area contributed by atoms with Crippen LogP contribution in [0.3, 0.4) is 0 Å². The summed E-state index contributed by atoms with van der Waals surface area (Å²) in [5.74, 6) is 1.33. The van der Waals surface area contributed by atoms with E-state index in [0.29, 0.717) is 25.4 Å². The first-order valence-corrected chi connectivity index (χ1v) is 10.5. The van der Waals surface area contributed by atoms with Crippen LogP contribution in [0, 0.1) is 12.8 Å². The number of aromatic nitrogens is 2. The largest absolute Gasteiger partial charge is 0.493 e. The average molecular weight is 399 g/mol. The topological polar surface area (TPSA) is 77.4 Å². The molecule has 2 aliphatic rings. The number of carbonyl (C=O) groups excluding carboxylic acids is 1. The first-order chi connectivity index (χ1) is 14.2. The van der Waals surface area contributed by atoms with E-state index in [9.17, 15) is 4.79 Å². The zero-order chi connectivity index (χ0) is 20.1. The van der Waals surface area contributed by atoms with Gasteiger partial charge in [-0.25, -0.2) is 0 Å². The van der Waals surface area contributed by atoms with Crippen molar-refractivity contribution >= 4 is 11.6 Å². The van der Waals surface area contributed by atoms with E-state index in [1.54, 1.807) is 10.9 Å². The van der Waals surface area contributed by atoms with E-state index < -0.39 is 5.54 Å². The molecule has 2 saturated heterocycles. The summed E-state index contributed by atoms with van der Waals surface area (Å²) in [7, 11) is 0. The lowest BCUT2D eigenvalue weighted by Crippen LogP contribution is -2.52. The number of anilines is 1. The molecule has 0 bridgehead atoms. The number of ether oxygens (including phenoxy) is 2. The SMILES string of the molecule is Cc1ccc(NC(=O)C2(n3cccn3)CCNCC2)cc1OCC1CCOCC1. The molecule has 2 fully saturated rings. The monoisotopic (exact) mass is 398 g/mol. The van der Waals surface area contributed by atoms with Crippen molar-refractivity contribution < 1.29 is 14.3 Å². The Hall–Kier alpha value is -2.38. The number of benzene rings is 1. The molecule has 3 heterocycles. The van der Waals surface area contributed by atoms with Crippen molar-refractivity contribution in [2.75, 3.05) is 38.2 Å². The molecule has 2 aromatic rings. The molecule has 2 aliphatic heterocycles. The third-order valence-corrected chi connectivity index (χ3v) is 6.06. The third-order valence-electron chi connectivity index (χ3n) is 6.06. The molecule has 4 rings (SSSR count). The molecule has 0 saturated carbocycles. The van der Waals surface area contributed by atoms with Crippen LogP contribution in [0.15, 0.2) is 36.7 Å². The van der Waals surface area contributed by atoms with Crippen molar-refractivity contribution in [1.82, 2.24) is 15.1 Å². The number of aryl methyl sites for hydroxylation is 1. The summed E-state index contributed by atoms with van der Waals surface area (Å²) >= 11 is 0. The Kier molecular flexibility index (Phi) is 6.16. The number of amides is 1. The first kappa shape index (κ1) is 19.9. The summed E-state index contributed by atoms with van der Waals surface area (Å²) in [6.45, 7) is 5.93. The van der Waals surface area contributed by atoms with Gasteiger partial charge in [-0.1, -0.05) is 6.07 Å². The highest BCUT2D eigenvalue weighted by Gasteiger charge is 2.42. The molecular formula is C22H30N4O3. The zero-order valence-electron chi connectivity index (χ0n) is 17.0. The predicted molar refractivity (Wildman–Crippen MR) is 111 cm³/mol. The predicted octanol–water partition coefficient (Wildman–Crippen LogP) is 2.71. The lowest BCUT2D eigenvalue weighted by Gasteiger charge is -2.36. The van der Waals surface area contributed by atoms with Crippen LogP contribution in [0.2, 0.25) is 0 Å². The number of carbonyl (C=O) groups is 1. The van der Waals surface area contributed by atoms with E-state index in [4.69, 9.17) is 9.47 Å². The van der Waals surface area contributed by atoms with Crippen molar-refractivity contribution in [3.05, 3.63) is 42.2 Å². The summed E-state index contributed by atoms with van der Waals surface area (Å²) in [5.41, 5.74) is 1.16. The molecule has 0 radical (unpaired) electrons. The highest BCUT2D eigenvalue weighted by atomic mass is 16.5. The Morgan fingerprint density at radius 2 is 2.14 bits per heavy atom. The van der Waals surface area contributed by atoms with Gasteiger partial charge in [0.25, 0.3) is 5.91 Å². The van der Waals surface area contributed by atoms with Crippen LogP contribution in [-0.2, 0) is 15.1 Å². The number of hydrogen-bond acceptors (Lipinski definition) is 5. The Bertz CT molecular complexity index is 809. The lowest BCUT2D eigenvalue weighted by molar-refractivity contribution is -0.126. The highest BCUT2D eigenvalue weighted by molar-refractivity contribution is 5.97. The molecule has 7 heteroatoms. The Balaban J connectivity index is 1.47. The standard InChI is InChI=1S/C22H30N4O3/c1-17-3-4-19(15-20(17)29-16-18-5-13-28-14-6-18)25-21(27)22(7-10-23-11-8-22)26-12-2-9-24-26/h2-4,9,12,15,18,23H,5-8,10-11,13-14,16H2,1H3,(H,25,27). The molecule has 0 atom stereocenters. The maximum atomic E-state index is 13.3. The molecule has 0 aliphatic carbocycles. The number of rotatable bonds is 6. The molecule has 156 valence electrons. The minimum absolute atomic E-state index is 0.0260. The Morgan fingerprint density at radius 1 is 1.34 bits per heavy atom. The minimum Gasteiger partial charge on any atom is -0.493 e. The molecule has 0 spiro atoms. The molecule has 1 aromatic heterocycles. The highest BCUT2D eigenvalue weighted by Crippen LogP contribution is 2.30. The number of hydrogen-bond donors (Lipinski definition) is 2. The van der Waals surface area contributed by atoms with Gasteiger partial charge in [-0.15, -0.1) is 0 Å². The van der Waals surface area contributed by atoms with Gasteiger partial charge >= 0.3 is 0 Å². The van der Waals surface area contributed by atoms with Gasteiger partial charge in [-0.3, -0.25) is 9.48 Å². The van der Waals surface area contributed by atoms with E-state index in [0.717, 1.165) is 56.1 Å². The van der Waals surface area contributed by atoms with Crippen molar-refractivity contribution in [2.45, 2.75) is 38.1 Å². The van der Waals surface area contributed by atoms with Crippen LogP contribution in [0.4, 0.5) is 5.69 Å². The van der Waals surface area contributed by atoms with Crippen molar-refractivity contribution in [2.24, 2.45) is 5.92 Å².